The summed E-state index contributed by atoms with van der Waals surface area (Å²) in [4.78, 5) is 0. The van der Waals surface area contributed by atoms with E-state index in [2.05, 4.69) is 58.1 Å². The molecular formula is C18H24N2. The van der Waals surface area contributed by atoms with Crippen LogP contribution in [0.15, 0.2) is 24.3 Å². The van der Waals surface area contributed by atoms with Gasteiger partial charge in [-0.2, -0.15) is 0 Å². The molecule has 0 unspecified atom stereocenters. The van der Waals surface area contributed by atoms with Crippen LogP contribution in [0.2, 0.25) is 0 Å². The van der Waals surface area contributed by atoms with Gasteiger partial charge in [0.2, 0.25) is 0 Å². The molecule has 20 heavy (non-hydrogen) atoms. The van der Waals surface area contributed by atoms with Crippen LogP contribution in [0.1, 0.15) is 33.4 Å². The second kappa shape index (κ2) is 5.58. The highest BCUT2D eigenvalue weighted by molar-refractivity contribution is 5.68. The van der Waals surface area contributed by atoms with Gasteiger partial charge >= 0.3 is 0 Å². The van der Waals surface area contributed by atoms with E-state index in [1.54, 1.807) is 0 Å². The second-order valence-electron chi connectivity index (χ2n) is 5.74. The van der Waals surface area contributed by atoms with E-state index in [4.69, 9.17) is 5.73 Å². The Kier molecular flexibility index (Phi) is 4.03. The topological polar surface area (TPSA) is 38.0 Å². The van der Waals surface area contributed by atoms with Gasteiger partial charge in [0.1, 0.15) is 0 Å². The van der Waals surface area contributed by atoms with Crippen molar-refractivity contribution < 1.29 is 0 Å². The minimum atomic E-state index is 0.805. The molecule has 0 heterocycles. The Balaban J connectivity index is 2.21. The van der Waals surface area contributed by atoms with Gasteiger partial charge < -0.3 is 11.1 Å². The average molecular weight is 268 g/mol. The minimum Gasteiger partial charge on any atom is -0.397 e. The molecule has 0 aliphatic carbocycles. The normalized spacial score (nSPS) is 10.7. The van der Waals surface area contributed by atoms with Crippen LogP contribution >= 0.6 is 0 Å². The molecule has 2 nitrogen and oxygen atoms in total. The number of anilines is 2. The third kappa shape index (κ3) is 2.96. The smallest absolute Gasteiger partial charge is 0.0579 e. The maximum atomic E-state index is 6.08. The molecular weight excluding hydrogens is 244 g/mol. The van der Waals surface area contributed by atoms with Crippen LogP contribution < -0.4 is 11.1 Å². The van der Waals surface area contributed by atoms with Crippen LogP contribution in [-0.2, 0) is 6.54 Å². The van der Waals surface area contributed by atoms with Crippen molar-refractivity contribution in [3.05, 3.63) is 57.6 Å². The molecule has 2 aromatic rings. The molecule has 0 bridgehead atoms. The van der Waals surface area contributed by atoms with Crippen LogP contribution in [-0.4, -0.2) is 0 Å². The van der Waals surface area contributed by atoms with Gasteiger partial charge in [-0.05, 0) is 80.1 Å². The van der Waals surface area contributed by atoms with Crippen molar-refractivity contribution >= 4 is 11.4 Å². The number of aryl methyl sites for hydroxylation is 5. The average Bonchev–Trinajstić information content (AvgIpc) is 2.37. The molecule has 0 aliphatic rings. The summed E-state index contributed by atoms with van der Waals surface area (Å²) in [7, 11) is 0. The lowest BCUT2D eigenvalue weighted by Crippen LogP contribution is -2.05. The number of nitrogen functional groups attached to an aromatic ring is 1. The summed E-state index contributed by atoms with van der Waals surface area (Å²) in [6.07, 6.45) is 0. The Morgan fingerprint density at radius 3 is 2.00 bits per heavy atom. The molecule has 106 valence electrons. The predicted octanol–water partition coefficient (Wildman–Crippen LogP) is 4.42. The van der Waals surface area contributed by atoms with Gasteiger partial charge in [-0.1, -0.05) is 12.1 Å². The molecule has 2 aromatic carbocycles. The Labute approximate surface area is 122 Å². The van der Waals surface area contributed by atoms with Gasteiger partial charge in [-0.25, -0.2) is 0 Å². The SMILES string of the molecule is Cc1cc(C)c(CNc2cc(C)c(C)cc2N)cc1C. The van der Waals surface area contributed by atoms with E-state index < -0.39 is 0 Å². The fourth-order valence-electron chi connectivity index (χ4n) is 2.39. The first-order valence-electron chi connectivity index (χ1n) is 7.06. The maximum absolute atomic E-state index is 6.08. The van der Waals surface area contributed by atoms with Gasteiger partial charge in [0.15, 0.2) is 0 Å². The van der Waals surface area contributed by atoms with Crippen molar-refractivity contribution in [1.82, 2.24) is 0 Å². The Hall–Kier alpha value is -1.96. The highest BCUT2D eigenvalue weighted by Gasteiger charge is 2.05. The lowest BCUT2D eigenvalue weighted by molar-refractivity contribution is 1.10. The quantitative estimate of drug-likeness (QED) is 0.808. The first kappa shape index (κ1) is 14.4. The Morgan fingerprint density at radius 2 is 1.30 bits per heavy atom. The second-order valence-corrected chi connectivity index (χ2v) is 5.74. The van der Waals surface area contributed by atoms with Crippen LogP contribution in [0.4, 0.5) is 11.4 Å². The Bertz CT molecular complexity index is 585. The molecule has 0 saturated heterocycles. The summed E-state index contributed by atoms with van der Waals surface area (Å²) in [6.45, 7) is 11.5. The third-order valence-corrected chi connectivity index (χ3v) is 4.09. The number of benzene rings is 2. The van der Waals surface area contributed by atoms with Crippen molar-refractivity contribution in [2.75, 3.05) is 11.1 Å². The first-order valence-corrected chi connectivity index (χ1v) is 7.06. The van der Waals surface area contributed by atoms with Gasteiger partial charge in [-0.15, -0.1) is 0 Å². The third-order valence-electron chi connectivity index (χ3n) is 4.09. The molecule has 0 saturated carbocycles. The van der Waals surface area contributed by atoms with E-state index >= 15 is 0 Å². The molecule has 0 atom stereocenters. The van der Waals surface area contributed by atoms with E-state index in [9.17, 15) is 0 Å². The number of rotatable bonds is 3. The summed E-state index contributed by atoms with van der Waals surface area (Å²) in [6, 6.07) is 8.66. The van der Waals surface area contributed by atoms with E-state index in [1.807, 2.05) is 6.07 Å². The standard InChI is InChI=1S/C18H24N2/c1-11-6-15(5)16(7-12(11)2)10-20-18-9-14(4)13(3)8-17(18)19/h6-9,20H,10,19H2,1-5H3. The molecule has 3 N–H and O–H groups in total. The van der Waals surface area contributed by atoms with Gasteiger partial charge in [-0.3, -0.25) is 0 Å². The highest BCUT2D eigenvalue weighted by Crippen LogP contribution is 2.24. The Morgan fingerprint density at radius 1 is 0.750 bits per heavy atom. The molecule has 0 amide bonds. The summed E-state index contributed by atoms with van der Waals surface area (Å²) in [5.74, 6) is 0. The number of nitrogens with one attached hydrogen (secondary N) is 1. The number of nitrogens with two attached hydrogens (primary N) is 1. The van der Waals surface area contributed by atoms with E-state index in [-0.39, 0.29) is 0 Å². The summed E-state index contributed by atoms with van der Waals surface area (Å²) < 4.78 is 0. The fraction of sp³-hybridized carbons (Fsp3) is 0.333. The molecule has 0 spiro atoms. The van der Waals surface area contributed by atoms with E-state index in [0.717, 1.165) is 17.9 Å². The number of hydrogen-bond acceptors (Lipinski definition) is 2. The van der Waals surface area contributed by atoms with Crippen molar-refractivity contribution in [2.45, 2.75) is 41.2 Å². The monoisotopic (exact) mass is 268 g/mol. The molecule has 0 fully saturated rings. The van der Waals surface area contributed by atoms with Crippen molar-refractivity contribution in [1.29, 1.82) is 0 Å². The van der Waals surface area contributed by atoms with Crippen molar-refractivity contribution in [2.24, 2.45) is 0 Å². The molecule has 0 radical (unpaired) electrons. The summed E-state index contributed by atoms with van der Waals surface area (Å²) >= 11 is 0. The van der Waals surface area contributed by atoms with Crippen LogP contribution in [0.5, 0.6) is 0 Å². The van der Waals surface area contributed by atoms with Gasteiger partial charge in [0.05, 0.1) is 11.4 Å². The maximum Gasteiger partial charge on any atom is 0.0579 e. The van der Waals surface area contributed by atoms with Crippen molar-refractivity contribution in [3.8, 4) is 0 Å². The lowest BCUT2D eigenvalue weighted by atomic mass is 10.0. The number of hydrogen-bond donors (Lipinski definition) is 2. The van der Waals surface area contributed by atoms with Gasteiger partial charge in [0.25, 0.3) is 0 Å². The van der Waals surface area contributed by atoms with Crippen LogP contribution in [0.25, 0.3) is 0 Å². The summed E-state index contributed by atoms with van der Waals surface area (Å²) in [5.41, 5.74) is 15.7. The van der Waals surface area contributed by atoms with E-state index in [0.29, 0.717) is 0 Å². The van der Waals surface area contributed by atoms with Gasteiger partial charge in [0, 0.05) is 6.54 Å². The summed E-state index contributed by atoms with van der Waals surface area (Å²) in [5, 5.41) is 3.46. The van der Waals surface area contributed by atoms with E-state index in [1.165, 1.54) is 33.4 Å². The zero-order valence-corrected chi connectivity index (χ0v) is 13.1. The largest absolute Gasteiger partial charge is 0.397 e. The zero-order valence-electron chi connectivity index (χ0n) is 13.1. The highest BCUT2D eigenvalue weighted by atomic mass is 14.9. The molecule has 2 heteroatoms. The van der Waals surface area contributed by atoms with Crippen LogP contribution in [0, 0.1) is 34.6 Å². The minimum absolute atomic E-state index is 0.805. The predicted molar refractivity (Wildman–Crippen MR) is 88.3 cm³/mol. The van der Waals surface area contributed by atoms with Crippen molar-refractivity contribution in [3.63, 3.8) is 0 Å². The molecule has 2 rings (SSSR count). The zero-order chi connectivity index (χ0) is 14.9. The first-order chi connectivity index (χ1) is 9.38. The lowest BCUT2D eigenvalue weighted by Gasteiger charge is -2.14. The molecule has 0 aliphatic heterocycles. The van der Waals surface area contributed by atoms with Crippen LogP contribution in [0.3, 0.4) is 0 Å². The molecule has 0 aromatic heterocycles. The fourth-order valence-corrected chi connectivity index (χ4v) is 2.39.